The van der Waals surface area contributed by atoms with E-state index in [-0.39, 0.29) is 10.8 Å². The second-order valence-electron chi connectivity index (χ2n) is 11.2. The van der Waals surface area contributed by atoms with E-state index in [1.807, 2.05) is 12.2 Å². The lowest BCUT2D eigenvalue weighted by Crippen LogP contribution is -2.48. The van der Waals surface area contributed by atoms with Gasteiger partial charge in [0.25, 0.3) is 0 Å². The Bertz CT molecular complexity index is 734. The molecule has 0 amide bonds. The van der Waals surface area contributed by atoms with Gasteiger partial charge in [-0.25, -0.2) is 0 Å². The van der Waals surface area contributed by atoms with E-state index in [0.717, 1.165) is 32.1 Å². The summed E-state index contributed by atoms with van der Waals surface area (Å²) in [7, 11) is 0. The van der Waals surface area contributed by atoms with Crippen LogP contribution in [0.2, 0.25) is 0 Å². The molecule has 0 aromatic heterocycles. The van der Waals surface area contributed by atoms with Gasteiger partial charge in [0, 0.05) is 18.3 Å². The molecular formula is C29H46O3. The van der Waals surface area contributed by atoms with E-state index in [0.29, 0.717) is 50.1 Å². The molecular weight excluding hydrogens is 396 g/mol. The third-order valence-corrected chi connectivity index (χ3v) is 9.73. The minimum absolute atomic E-state index is 0.00129. The van der Waals surface area contributed by atoms with Gasteiger partial charge in [-0.05, 0) is 62.2 Å². The van der Waals surface area contributed by atoms with Crippen LogP contribution in [-0.2, 0) is 14.3 Å². The summed E-state index contributed by atoms with van der Waals surface area (Å²) in [6.07, 6.45) is 14.5. The Morgan fingerprint density at radius 1 is 1.12 bits per heavy atom. The van der Waals surface area contributed by atoms with Crippen molar-refractivity contribution in [2.45, 2.75) is 98.2 Å². The molecule has 1 spiro atoms. The number of ether oxygens (including phenoxy) is 2. The smallest absolute Gasteiger partial charge is 0.174 e. The first-order valence-electron chi connectivity index (χ1n) is 12.9. The summed E-state index contributed by atoms with van der Waals surface area (Å²) in [4.78, 5) is 13.4. The fourth-order valence-electron chi connectivity index (χ4n) is 7.20. The molecule has 2 saturated carbocycles. The second-order valence-corrected chi connectivity index (χ2v) is 11.2. The predicted molar refractivity (Wildman–Crippen MR) is 132 cm³/mol. The van der Waals surface area contributed by atoms with Crippen LogP contribution >= 0.6 is 0 Å². The van der Waals surface area contributed by atoms with Crippen molar-refractivity contribution in [2.24, 2.45) is 28.1 Å². The first kappa shape index (κ1) is 25.4. The van der Waals surface area contributed by atoms with Crippen molar-refractivity contribution >= 4 is 5.78 Å². The van der Waals surface area contributed by atoms with Crippen molar-refractivity contribution in [1.82, 2.24) is 0 Å². The fourth-order valence-corrected chi connectivity index (χ4v) is 7.20. The standard InChI is InChI=1S/C29H46O3/c1-8-11-24-26(6,17-14-25(30)28(24,15-9-2)16-10-3)22(4)12-18-27(7)23(5)13-19-29(27)31-20-21-32-29/h9-11,22-23H,2-3,8,12-21H2,1,4-7H3/b24-11+/t22-,23-,26-,27+/m1/s1. The average molecular weight is 443 g/mol. The van der Waals surface area contributed by atoms with Gasteiger partial charge in [0.15, 0.2) is 5.79 Å². The van der Waals surface area contributed by atoms with Crippen molar-refractivity contribution in [3.05, 3.63) is 37.0 Å². The van der Waals surface area contributed by atoms with Crippen molar-refractivity contribution < 1.29 is 14.3 Å². The lowest BCUT2D eigenvalue weighted by molar-refractivity contribution is -0.226. The fraction of sp³-hybridized carbons (Fsp3) is 0.759. The number of carbonyl (C=O) groups excluding carboxylic acids is 1. The summed E-state index contributed by atoms with van der Waals surface area (Å²) >= 11 is 0. The Labute approximate surface area is 196 Å². The molecule has 0 N–H and O–H groups in total. The SMILES string of the molecule is C=CCC1(CC=C)C(=O)CC[C@](C)([C@H](C)CC[C@@]2(C)[C@H](C)CCC23OCCO3)/C1=C\CC. The van der Waals surface area contributed by atoms with Gasteiger partial charge in [0.05, 0.1) is 18.6 Å². The number of hydrogen-bond donors (Lipinski definition) is 0. The molecule has 0 bridgehead atoms. The Balaban J connectivity index is 1.89. The van der Waals surface area contributed by atoms with Crippen LogP contribution in [0.1, 0.15) is 92.4 Å². The quantitative estimate of drug-likeness (QED) is 0.348. The van der Waals surface area contributed by atoms with Crippen LogP contribution in [0.15, 0.2) is 37.0 Å². The molecule has 3 rings (SSSR count). The molecule has 3 heteroatoms. The first-order valence-corrected chi connectivity index (χ1v) is 12.9. The molecule has 32 heavy (non-hydrogen) atoms. The van der Waals surface area contributed by atoms with Crippen LogP contribution in [0.25, 0.3) is 0 Å². The van der Waals surface area contributed by atoms with Crippen LogP contribution in [0, 0.1) is 28.1 Å². The van der Waals surface area contributed by atoms with Crippen molar-refractivity contribution in [3.63, 3.8) is 0 Å². The zero-order chi connectivity index (χ0) is 23.6. The van der Waals surface area contributed by atoms with Gasteiger partial charge in [-0.15, -0.1) is 13.2 Å². The van der Waals surface area contributed by atoms with E-state index >= 15 is 0 Å². The molecule has 180 valence electrons. The summed E-state index contributed by atoms with van der Waals surface area (Å²) in [5, 5.41) is 0. The highest BCUT2D eigenvalue weighted by Gasteiger charge is 2.60. The van der Waals surface area contributed by atoms with Crippen molar-refractivity contribution in [3.8, 4) is 0 Å². The first-order chi connectivity index (χ1) is 15.2. The van der Waals surface area contributed by atoms with Crippen LogP contribution in [-0.4, -0.2) is 24.8 Å². The zero-order valence-corrected chi connectivity index (χ0v) is 21.3. The summed E-state index contributed by atoms with van der Waals surface area (Å²) in [6.45, 7) is 21.2. The van der Waals surface area contributed by atoms with Crippen LogP contribution in [0.5, 0.6) is 0 Å². The van der Waals surface area contributed by atoms with Crippen LogP contribution in [0.3, 0.4) is 0 Å². The monoisotopic (exact) mass is 442 g/mol. The largest absolute Gasteiger partial charge is 0.347 e. The maximum Gasteiger partial charge on any atom is 0.174 e. The number of Topliss-reactive ketones (excluding diaryl/α,β-unsaturated/α-hetero) is 1. The van der Waals surface area contributed by atoms with Crippen LogP contribution < -0.4 is 0 Å². The van der Waals surface area contributed by atoms with Gasteiger partial charge in [-0.1, -0.05) is 58.4 Å². The molecule has 3 fully saturated rings. The van der Waals surface area contributed by atoms with Gasteiger partial charge in [0.1, 0.15) is 5.78 Å². The minimum atomic E-state index is -0.468. The lowest BCUT2D eigenvalue weighted by atomic mass is 9.51. The topological polar surface area (TPSA) is 35.5 Å². The van der Waals surface area contributed by atoms with E-state index in [2.05, 4.69) is 53.9 Å². The highest BCUT2D eigenvalue weighted by Crippen LogP contribution is 2.60. The zero-order valence-electron chi connectivity index (χ0n) is 21.3. The molecule has 0 radical (unpaired) electrons. The number of ketones is 1. The molecule has 0 aromatic carbocycles. The van der Waals surface area contributed by atoms with Gasteiger partial charge in [0.2, 0.25) is 0 Å². The number of allylic oxidation sites excluding steroid dienone is 4. The number of carbonyl (C=O) groups is 1. The summed E-state index contributed by atoms with van der Waals surface area (Å²) in [6, 6.07) is 0. The van der Waals surface area contributed by atoms with Crippen molar-refractivity contribution in [1.29, 1.82) is 0 Å². The van der Waals surface area contributed by atoms with Crippen molar-refractivity contribution in [2.75, 3.05) is 13.2 Å². The molecule has 1 saturated heterocycles. The maximum absolute atomic E-state index is 13.4. The van der Waals surface area contributed by atoms with E-state index < -0.39 is 11.2 Å². The molecule has 4 atom stereocenters. The third-order valence-electron chi connectivity index (χ3n) is 9.73. The number of hydrogen-bond acceptors (Lipinski definition) is 3. The highest BCUT2D eigenvalue weighted by atomic mass is 16.7. The van der Waals surface area contributed by atoms with E-state index in [4.69, 9.17) is 9.47 Å². The average Bonchev–Trinajstić information content (AvgIpc) is 3.35. The Hall–Kier alpha value is -1.19. The molecule has 3 aliphatic rings. The normalized spacial score (nSPS) is 36.0. The summed E-state index contributed by atoms with van der Waals surface area (Å²) < 4.78 is 12.5. The molecule has 1 aliphatic heterocycles. The predicted octanol–water partition coefficient (Wildman–Crippen LogP) is 7.43. The van der Waals surface area contributed by atoms with Gasteiger partial charge < -0.3 is 9.47 Å². The lowest BCUT2D eigenvalue weighted by Gasteiger charge is -2.52. The Kier molecular flexibility index (Phi) is 7.62. The molecule has 2 aliphatic carbocycles. The number of rotatable bonds is 9. The van der Waals surface area contributed by atoms with E-state index in [1.54, 1.807) is 0 Å². The minimum Gasteiger partial charge on any atom is -0.347 e. The van der Waals surface area contributed by atoms with Gasteiger partial charge in [-0.3, -0.25) is 4.79 Å². The van der Waals surface area contributed by atoms with Gasteiger partial charge >= 0.3 is 0 Å². The maximum atomic E-state index is 13.4. The molecule has 0 aromatic rings. The molecule has 1 heterocycles. The molecule has 0 unspecified atom stereocenters. The molecule has 3 nitrogen and oxygen atoms in total. The summed E-state index contributed by atoms with van der Waals surface area (Å²) in [5.41, 5.74) is 0.902. The second kappa shape index (κ2) is 9.58. The van der Waals surface area contributed by atoms with Crippen LogP contribution in [0.4, 0.5) is 0 Å². The van der Waals surface area contributed by atoms with E-state index in [9.17, 15) is 4.79 Å². The highest BCUT2D eigenvalue weighted by molar-refractivity contribution is 5.90. The van der Waals surface area contributed by atoms with E-state index in [1.165, 1.54) is 12.0 Å². The Morgan fingerprint density at radius 3 is 2.31 bits per heavy atom. The summed E-state index contributed by atoms with van der Waals surface area (Å²) in [5.74, 6) is 1.02. The third kappa shape index (κ3) is 3.88. The van der Waals surface area contributed by atoms with Gasteiger partial charge in [-0.2, -0.15) is 0 Å². The Morgan fingerprint density at radius 2 is 1.75 bits per heavy atom.